The molecule has 0 saturated carbocycles. The van der Waals surface area contributed by atoms with E-state index >= 15 is 0 Å². The number of nitrogens with one attached hydrogen (secondary N) is 1. The molecule has 1 unspecified atom stereocenters. The van der Waals surface area contributed by atoms with Crippen LogP contribution in [0.2, 0.25) is 0 Å². The molecule has 0 amide bonds. The van der Waals surface area contributed by atoms with Crippen LogP contribution in [0.5, 0.6) is 0 Å². The van der Waals surface area contributed by atoms with Crippen LogP contribution in [0.15, 0.2) is 0 Å². The molecule has 1 N–H and O–H groups in total. The lowest BCUT2D eigenvalue weighted by Gasteiger charge is -2.23. The van der Waals surface area contributed by atoms with Gasteiger partial charge in [0.05, 0.1) is 13.2 Å². The molecule has 0 radical (unpaired) electrons. The molecule has 0 fully saturated rings. The van der Waals surface area contributed by atoms with Crippen molar-refractivity contribution in [2.75, 3.05) is 32.8 Å². The highest BCUT2D eigenvalue weighted by Gasteiger charge is 2.09. The van der Waals surface area contributed by atoms with Crippen LogP contribution in [-0.4, -0.2) is 49.7 Å². The third-order valence-corrected chi connectivity index (χ3v) is 2.78. The zero-order chi connectivity index (χ0) is 13.1. The SMILES string of the molecule is CCCCOC(=O)CNC(C)CN(CC)CC. The lowest BCUT2D eigenvalue weighted by atomic mass is 10.3. The first-order valence-electron chi connectivity index (χ1n) is 6.75. The number of carbonyl (C=O) groups is 1. The molecule has 0 aromatic heterocycles. The van der Waals surface area contributed by atoms with Crippen molar-refractivity contribution in [2.24, 2.45) is 0 Å². The van der Waals surface area contributed by atoms with Gasteiger partial charge in [-0.15, -0.1) is 0 Å². The molecule has 0 aliphatic carbocycles. The number of carbonyl (C=O) groups excluding carboxylic acids is 1. The summed E-state index contributed by atoms with van der Waals surface area (Å²) in [5.41, 5.74) is 0. The van der Waals surface area contributed by atoms with Crippen molar-refractivity contribution in [3.05, 3.63) is 0 Å². The maximum Gasteiger partial charge on any atom is 0.319 e. The topological polar surface area (TPSA) is 41.6 Å². The van der Waals surface area contributed by atoms with E-state index in [1.54, 1.807) is 0 Å². The van der Waals surface area contributed by atoms with Crippen LogP contribution in [-0.2, 0) is 9.53 Å². The molecule has 0 saturated heterocycles. The molecule has 4 heteroatoms. The lowest BCUT2D eigenvalue weighted by Crippen LogP contribution is -2.41. The van der Waals surface area contributed by atoms with Crippen molar-refractivity contribution in [2.45, 2.75) is 46.6 Å². The van der Waals surface area contributed by atoms with E-state index in [4.69, 9.17) is 4.74 Å². The molecule has 0 rings (SSSR count). The van der Waals surface area contributed by atoms with Crippen LogP contribution in [0.3, 0.4) is 0 Å². The first-order valence-corrected chi connectivity index (χ1v) is 6.75. The molecule has 0 spiro atoms. The van der Waals surface area contributed by atoms with Gasteiger partial charge in [-0.2, -0.15) is 0 Å². The number of rotatable bonds is 10. The molecule has 0 aromatic rings. The van der Waals surface area contributed by atoms with Gasteiger partial charge in [0.1, 0.15) is 0 Å². The van der Waals surface area contributed by atoms with Gasteiger partial charge in [0.25, 0.3) is 0 Å². The Morgan fingerprint density at radius 2 is 1.94 bits per heavy atom. The fourth-order valence-corrected chi connectivity index (χ4v) is 1.57. The lowest BCUT2D eigenvalue weighted by molar-refractivity contribution is -0.142. The average Bonchev–Trinajstić information content (AvgIpc) is 2.33. The normalized spacial score (nSPS) is 12.8. The molecule has 4 nitrogen and oxygen atoms in total. The van der Waals surface area contributed by atoms with E-state index in [1.165, 1.54) is 0 Å². The summed E-state index contributed by atoms with van der Waals surface area (Å²) in [7, 11) is 0. The molecule has 0 bridgehead atoms. The Balaban J connectivity index is 3.61. The van der Waals surface area contributed by atoms with Crippen LogP contribution in [0.25, 0.3) is 0 Å². The molecule has 0 aliphatic rings. The number of unbranched alkanes of at least 4 members (excludes halogenated alkanes) is 1. The molecule has 17 heavy (non-hydrogen) atoms. The zero-order valence-electron chi connectivity index (χ0n) is 11.8. The fraction of sp³-hybridized carbons (Fsp3) is 0.923. The Morgan fingerprint density at radius 1 is 1.29 bits per heavy atom. The predicted octanol–water partition coefficient (Wildman–Crippen LogP) is 1.65. The minimum atomic E-state index is -0.148. The second-order valence-electron chi connectivity index (χ2n) is 4.34. The molecule has 102 valence electrons. The summed E-state index contributed by atoms with van der Waals surface area (Å²) >= 11 is 0. The molecule has 0 heterocycles. The average molecular weight is 244 g/mol. The highest BCUT2D eigenvalue weighted by Crippen LogP contribution is 1.92. The van der Waals surface area contributed by atoms with Gasteiger partial charge < -0.3 is 15.0 Å². The van der Waals surface area contributed by atoms with Crippen LogP contribution >= 0.6 is 0 Å². The number of nitrogens with zero attached hydrogens (tertiary/aromatic N) is 1. The number of esters is 1. The van der Waals surface area contributed by atoms with Crippen LogP contribution in [0.1, 0.15) is 40.5 Å². The number of hydrogen-bond acceptors (Lipinski definition) is 4. The van der Waals surface area contributed by atoms with E-state index in [0.29, 0.717) is 19.2 Å². The molecule has 1 atom stereocenters. The van der Waals surface area contributed by atoms with E-state index in [-0.39, 0.29) is 5.97 Å². The third kappa shape index (κ3) is 9.12. The van der Waals surface area contributed by atoms with Crippen LogP contribution in [0, 0.1) is 0 Å². The highest BCUT2D eigenvalue weighted by molar-refractivity contribution is 5.71. The Hall–Kier alpha value is -0.610. The third-order valence-electron chi connectivity index (χ3n) is 2.78. The predicted molar refractivity (Wildman–Crippen MR) is 71.1 cm³/mol. The first kappa shape index (κ1) is 16.4. The smallest absolute Gasteiger partial charge is 0.319 e. The number of ether oxygens (including phenoxy) is 1. The highest BCUT2D eigenvalue weighted by atomic mass is 16.5. The van der Waals surface area contributed by atoms with Crippen LogP contribution < -0.4 is 5.32 Å². The molecular weight excluding hydrogens is 216 g/mol. The monoisotopic (exact) mass is 244 g/mol. The van der Waals surface area contributed by atoms with Gasteiger partial charge in [-0.1, -0.05) is 27.2 Å². The van der Waals surface area contributed by atoms with Gasteiger partial charge in [-0.05, 0) is 26.4 Å². The minimum Gasteiger partial charge on any atom is -0.465 e. The molecule has 0 aliphatic heterocycles. The minimum absolute atomic E-state index is 0.148. The van der Waals surface area contributed by atoms with Gasteiger partial charge in [0.15, 0.2) is 0 Å². The summed E-state index contributed by atoms with van der Waals surface area (Å²) in [6.07, 6.45) is 2.00. The summed E-state index contributed by atoms with van der Waals surface area (Å²) < 4.78 is 5.08. The van der Waals surface area contributed by atoms with Crippen molar-refractivity contribution in [3.63, 3.8) is 0 Å². The van der Waals surface area contributed by atoms with Gasteiger partial charge in [-0.25, -0.2) is 0 Å². The maximum atomic E-state index is 11.3. The largest absolute Gasteiger partial charge is 0.465 e. The van der Waals surface area contributed by atoms with Crippen molar-refractivity contribution < 1.29 is 9.53 Å². The Labute approximate surface area is 106 Å². The maximum absolute atomic E-state index is 11.3. The van der Waals surface area contributed by atoms with Crippen molar-refractivity contribution >= 4 is 5.97 Å². The first-order chi connectivity index (χ1) is 8.13. The second kappa shape index (κ2) is 10.5. The van der Waals surface area contributed by atoms with Crippen LogP contribution in [0.4, 0.5) is 0 Å². The van der Waals surface area contributed by atoms with E-state index < -0.39 is 0 Å². The summed E-state index contributed by atoms with van der Waals surface area (Å²) in [5, 5.41) is 3.19. The summed E-state index contributed by atoms with van der Waals surface area (Å²) in [5.74, 6) is -0.148. The van der Waals surface area contributed by atoms with Gasteiger partial charge in [0, 0.05) is 12.6 Å². The number of hydrogen-bond donors (Lipinski definition) is 1. The van der Waals surface area contributed by atoms with E-state index in [1.807, 2.05) is 0 Å². The standard InChI is InChI=1S/C13H28N2O2/c1-5-8-9-17-13(16)10-14-12(4)11-15(6-2)7-3/h12,14H,5-11H2,1-4H3. The van der Waals surface area contributed by atoms with Crippen molar-refractivity contribution in [3.8, 4) is 0 Å². The Morgan fingerprint density at radius 3 is 2.47 bits per heavy atom. The second-order valence-corrected chi connectivity index (χ2v) is 4.34. The Bertz CT molecular complexity index is 194. The summed E-state index contributed by atoms with van der Waals surface area (Å²) in [4.78, 5) is 13.7. The number of likely N-dealkylation sites (N-methyl/N-ethyl adjacent to an activating group) is 1. The quantitative estimate of drug-likeness (QED) is 0.469. The van der Waals surface area contributed by atoms with Gasteiger partial charge in [-0.3, -0.25) is 4.79 Å². The van der Waals surface area contributed by atoms with Crippen molar-refractivity contribution in [1.82, 2.24) is 10.2 Å². The Kier molecular flexibility index (Phi) is 10.2. The summed E-state index contributed by atoms with van der Waals surface area (Å²) in [6.45, 7) is 12.4. The van der Waals surface area contributed by atoms with Crippen molar-refractivity contribution in [1.29, 1.82) is 0 Å². The fourth-order valence-electron chi connectivity index (χ4n) is 1.57. The van der Waals surface area contributed by atoms with Gasteiger partial charge in [0.2, 0.25) is 0 Å². The van der Waals surface area contributed by atoms with E-state index in [9.17, 15) is 4.79 Å². The molecular formula is C13H28N2O2. The zero-order valence-corrected chi connectivity index (χ0v) is 11.8. The molecule has 0 aromatic carbocycles. The van der Waals surface area contributed by atoms with Gasteiger partial charge >= 0.3 is 5.97 Å². The summed E-state index contributed by atoms with van der Waals surface area (Å²) in [6, 6.07) is 0.314. The van der Waals surface area contributed by atoms with E-state index in [0.717, 1.165) is 32.5 Å². The van der Waals surface area contributed by atoms with E-state index in [2.05, 4.69) is 37.9 Å².